The van der Waals surface area contributed by atoms with E-state index in [2.05, 4.69) is 92.2 Å². The summed E-state index contributed by atoms with van der Waals surface area (Å²) in [4.78, 5) is 2.51. The van der Waals surface area contributed by atoms with Gasteiger partial charge in [-0.1, -0.05) is 49.6 Å². The highest BCUT2D eigenvalue weighted by molar-refractivity contribution is 5.86. The average molecular weight is 427 g/mol. The van der Waals surface area contributed by atoms with Crippen LogP contribution in [0.2, 0.25) is 0 Å². The summed E-state index contributed by atoms with van der Waals surface area (Å²) in [6, 6.07) is 18.0. The number of anilines is 1. The van der Waals surface area contributed by atoms with E-state index in [1.165, 1.54) is 52.7 Å². The summed E-state index contributed by atoms with van der Waals surface area (Å²) < 4.78 is 4.52. The number of aryl methyl sites for hydroxylation is 2. The molecule has 0 radical (unpaired) electrons. The van der Waals surface area contributed by atoms with E-state index < -0.39 is 0 Å². The van der Waals surface area contributed by atoms with Crippen LogP contribution in [0.3, 0.4) is 0 Å². The molecule has 0 spiro atoms. The first-order chi connectivity index (χ1) is 15.7. The number of benzene rings is 2. The number of para-hydroxylation sites is 1. The van der Waals surface area contributed by atoms with Gasteiger partial charge in [0.1, 0.15) is 6.04 Å². The molecular formula is C26H30N6. The standard InChI is InChI=1S/C26H30N6/c1-18-9-8-12-20(17-18)31-16-15-22-21-13-6-7-14-23(21)30(2)24(22)25(31)26-27-28-29-32(26)19-10-4-3-5-11-19/h6-9,12-14,17,19,25H,3-5,10-11,15-16H2,1-2H3. The SMILES string of the molecule is Cc1cccc(N2CCc3c(n(C)c4ccccc34)C2c2nnnn2C2CCCCC2)c1. The zero-order chi connectivity index (χ0) is 21.7. The van der Waals surface area contributed by atoms with E-state index in [0.717, 1.165) is 31.6 Å². The van der Waals surface area contributed by atoms with Crippen LogP contribution in [0.4, 0.5) is 5.69 Å². The molecule has 0 saturated heterocycles. The van der Waals surface area contributed by atoms with Gasteiger partial charge in [-0.2, -0.15) is 0 Å². The Bertz CT molecular complexity index is 1260. The van der Waals surface area contributed by atoms with Crippen LogP contribution in [-0.2, 0) is 13.5 Å². The Morgan fingerprint density at radius 2 is 1.81 bits per heavy atom. The Hall–Kier alpha value is -3.15. The van der Waals surface area contributed by atoms with Gasteiger partial charge in [0.05, 0.1) is 11.7 Å². The van der Waals surface area contributed by atoms with Gasteiger partial charge in [0.25, 0.3) is 0 Å². The van der Waals surface area contributed by atoms with Gasteiger partial charge in [0.2, 0.25) is 0 Å². The van der Waals surface area contributed by atoms with Crippen molar-refractivity contribution >= 4 is 16.6 Å². The van der Waals surface area contributed by atoms with Gasteiger partial charge in [0.15, 0.2) is 5.82 Å². The molecule has 0 amide bonds. The lowest BCUT2D eigenvalue weighted by molar-refractivity contribution is 0.312. The van der Waals surface area contributed by atoms with Crippen molar-refractivity contribution in [2.75, 3.05) is 11.4 Å². The van der Waals surface area contributed by atoms with Gasteiger partial charge in [-0.05, 0) is 65.9 Å². The lowest BCUT2D eigenvalue weighted by atomic mass is 9.93. The summed E-state index contributed by atoms with van der Waals surface area (Å²) in [5, 5.41) is 14.8. The lowest BCUT2D eigenvalue weighted by Crippen LogP contribution is -2.39. The van der Waals surface area contributed by atoms with Crippen molar-refractivity contribution in [3.8, 4) is 0 Å². The van der Waals surface area contributed by atoms with Crippen LogP contribution in [0.5, 0.6) is 0 Å². The number of hydrogen-bond acceptors (Lipinski definition) is 4. The van der Waals surface area contributed by atoms with E-state index in [-0.39, 0.29) is 6.04 Å². The topological polar surface area (TPSA) is 51.8 Å². The van der Waals surface area contributed by atoms with Crippen LogP contribution in [0, 0.1) is 6.92 Å². The molecule has 2 aromatic heterocycles. The number of rotatable bonds is 3. The monoisotopic (exact) mass is 426 g/mol. The van der Waals surface area contributed by atoms with Crippen LogP contribution < -0.4 is 4.90 Å². The molecule has 1 aliphatic heterocycles. The maximum atomic E-state index is 4.67. The van der Waals surface area contributed by atoms with E-state index in [1.54, 1.807) is 0 Å². The molecule has 1 unspecified atom stereocenters. The number of tetrazole rings is 1. The first-order valence-corrected chi connectivity index (χ1v) is 11.9. The fourth-order valence-electron chi connectivity index (χ4n) is 5.92. The molecule has 1 atom stereocenters. The molecule has 6 nitrogen and oxygen atoms in total. The highest BCUT2D eigenvalue weighted by Gasteiger charge is 2.38. The zero-order valence-corrected chi connectivity index (χ0v) is 18.9. The van der Waals surface area contributed by atoms with Crippen molar-refractivity contribution in [2.45, 2.75) is 57.5 Å². The molecule has 6 heteroatoms. The number of aromatic nitrogens is 5. The molecule has 1 saturated carbocycles. The lowest BCUT2D eigenvalue weighted by Gasteiger charge is -2.38. The number of nitrogens with zero attached hydrogens (tertiary/aromatic N) is 6. The highest BCUT2D eigenvalue weighted by Crippen LogP contribution is 2.42. The number of hydrogen-bond donors (Lipinski definition) is 0. The smallest absolute Gasteiger partial charge is 0.180 e. The van der Waals surface area contributed by atoms with Crippen molar-refractivity contribution < 1.29 is 0 Å². The summed E-state index contributed by atoms with van der Waals surface area (Å²) in [7, 11) is 2.20. The minimum Gasteiger partial charge on any atom is -0.356 e. The second kappa shape index (κ2) is 7.76. The first kappa shape index (κ1) is 19.5. The molecular weight excluding hydrogens is 396 g/mol. The van der Waals surface area contributed by atoms with Crippen molar-refractivity contribution in [1.82, 2.24) is 24.8 Å². The molecule has 1 fully saturated rings. The van der Waals surface area contributed by atoms with E-state index >= 15 is 0 Å². The molecule has 1 aliphatic carbocycles. The third-order valence-electron chi connectivity index (χ3n) is 7.45. The molecule has 6 rings (SSSR count). The molecule has 0 N–H and O–H groups in total. The maximum absolute atomic E-state index is 4.67. The van der Waals surface area contributed by atoms with E-state index in [4.69, 9.17) is 0 Å². The van der Waals surface area contributed by atoms with Crippen LogP contribution in [0.1, 0.15) is 66.8 Å². The van der Waals surface area contributed by atoms with E-state index in [9.17, 15) is 0 Å². The summed E-state index contributed by atoms with van der Waals surface area (Å²) >= 11 is 0. The largest absolute Gasteiger partial charge is 0.356 e. The minimum atomic E-state index is -0.00474. The summed E-state index contributed by atoms with van der Waals surface area (Å²) in [6.45, 7) is 3.11. The number of fused-ring (bicyclic) bond motifs is 3. The molecule has 32 heavy (non-hydrogen) atoms. The fraction of sp³-hybridized carbons (Fsp3) is 0.423. The second-order valence-corrected chi connectivity index (χ2v) is 9.40. The first-order valence-electron chi connectivity index (χ1n) is 11.9. The minimum absolute atomic E-state index is 0.00474. The molecule has 2 aliphatic rings. The third-order valence-corrected chi connectivity index (χ3v) is 7.45. The van der Waals surface area contributed by atoms with Gasteiger partial charge >= 0.3 is 0 Å². The average Bonchev–Trinajstić information content (AvgIpc) is 3.43. The van der Waals surface area contributed by atoms with Gasteiger partial charge in [-0.25, -0.2) is 4.68 Å². The van der Waals surface area contributed by atoms with Crippen molar-refractivity contribution in [1.29, 1.82) is 0 Å². The van der Waals surface area contributed by atoms with E-state index in [1.807, 2.05) is 0 Å². The Balaban J connectivity index is 1.56. The summed E-state index contributed by atoms with van der Waals surface area (Å²) in [6.07, 6.45) is 7.19. The summed E-state index contributed by atoms with van der Waals surface area (Å²) in [5.74, 6) is 0.977. The Kier molecular flexibility index (Phi) is 4.74. The van der Waals surface area contributed by atoms with Gasteiger partial charge < -0.3 is 9.47 Å². The van der Waals surface area contributed by atoms with Gasteiger partial charge in [-0.15, -0.1) is 5.10 Å². The molecule has 4 aromatic rings. The highest BCUT2D eigenvalue weighted by atomic mass is 15.6. The van der Waals surface area contributed by atoms with Crippen molar-refractivity contribution in [3.05, 3.63) is 71.2 Å². The third kappa shape index (κ3) is 3.04. The molecule has 164 valence electrons. The second-order valence-electron chi connectivity index (χ2n) is 9.40. The molecule has 3 heterocycles. The zero-order valence-electron chi connectivity index (χ0n) is 18.9. The van der Waals surface area contributed by atoms with Crippen LogP contribution in [0.15, 0.2) is 48.5 Å². The van der Waals surface area contributed by atoms with Gasteiger partial charge in [-0.3, -0.25) is 0 Å². The molecule has 0 bridgehead atoms. The normalized spacial score (nSPS) is 19.4. The Labute approximate surface area is 188 Å². The maximum Gasteiger partial charge on any atom is 0.180 e. The fourth-order valence-corrected chi connectivity index (χ4v) is 5.92. The quantitative estimate of drug-likeness (QED) is 0.456. The summed E-state index contributed by atoms with van der Waals surface area (Å²) in [5.41, 5.74) is 6.56. The van der Waals surface area contributed by atoms with E-state index in [0.29, 0.717) is 6.04 Å². The van der Waals surface area contributed by atoms with Crippen molar-refractivity contribution in [3.63, 3.8) is 0 Å². The predicted molar refractivity (Wildman–Crippen MR) is 127 cm³/mol. The van der Waals surface area contributed by atoms with Crippen LogP contribution >= 0.6 is 0 Å². The predicted octanol–water partition coefficient (Wildman–Crippen LogP) is 5.13. The Morgan fingerprint density at radius 3 is 2.66 bits per heavy atom. The van der Waals surface area contributed by atoms with Crippen LogP contribution in [0.25, 0.3) is 10.9 Å². The molecule has 2 aromatic carbocycles. The van der Waals surface area contributed by atoms with Crippen molar-refractivity contribution in [2.24, 2.45) is 7.05 Å². The van der Waals surface area contributed by atoms with Crippen LogP contribution in [-0.4, -0.2) is 31.3 Å². The Morgan fingerprint density at radius 1 is 0.969 bits per heavy atom. The van der Waals surface area contributed by atoms with Gasteiger partial charge in [0, 0.05) is 30.2 Å².